The number of unbranched alkanes of at least 4 members (excludes halogenated alkanes) is 1. The van der Waals surface area contributed by atoms with E-state index >= 15 is 0 Å². The Bertz CT molecular complexity index is 210. The molecule has 0 unspecified atom stereocenters. The van der Waals surface area contributed by atoms with E-state index in [-0.39, 0.29) is 0 Å². The van der Waals surface area contributed by atoms with Crippen LogP contribution in [-0.2, 0) is 4.74 Å². The van der Waals surface area contributed by atoms with Crippen LogP contribution in [0, 0.1) is 17.8 Å². The molecule has 0 radical (unpaired) electrons. The van der Waals surface area contributed by atoms with Gasteiger partial charge in [0.15, 0.2) is 0 Å². The van der Waals surface area contributed by atoms with Gasteiger partial charge in [0.1, 0.15) is 0 Å². The van der Waals surface area contributed by atoms with Gasteiger partial charge in [0, 0.05) is 6.61 Å². The second-order valence-corrected chi connectivity index (χ2v) is 6.78. The average Bonchev–Trinajstić information content (AvgIpc) is 2.41. The van der Waals surface area contributed by atoms with Crippen LogP contribution in [0.2, 0.25) is 0 Å². The van der Waals surface area contributed by atoms with E-state index in [1.54, 1.807) is 0 Å². The first kappa shape index (κ1) is 14.4. The molecule has 2 fully saturated rings. The molecule has 0 saturated heterocycles. The third-order valence-corrected chi connectivity index (χ3v) is 5.30. The molecule has 18 heavy (non-hydrogen) atoms. The first-order valence-electron chi connectivity index (χ1n) is 8.41. The highest BCUT2D eigenvalue weighted by atomic mass is 16.5. The molecule has 0 aromatic heterocycles. The Balaban J connectivity index is 1.63. The van der Waals surface area contributed by atoms with Crippen molar-refractivity contribution in [2.75, 3.05) is 6.61 Å². The van der Waals surface area contributed by atoms with E-state index in [0.717, 1.165) is 24.4 Å². The fourth-order valence-corrected chi connectivity index (χ4v) is 3.88. The van der Waals surface area contributed by atoms with Crippen LogP contribution in [0.1, 0.15) is 78.1 Å². The molecule has 0 spiro atoms. The zero-order valence-corrected chi connectivity index (χ0v) is 12.5. The van der Waals surface area contributed by atoms with Crippen molar-refractivity contribution in [3.8, 4) is 0 Å². The van der Waals surface area contributed by atoms with E-state index in [1.165, 1.54) is 64.2 Å². The monoisotopic (exact) mass is 252 g/mol. The van der Waals surface area contributed by atoms with Crippen molar-refractivity contribution in [2.45, 2.75) is 84.2 Å². The van der Waals surface area contributed by atoms with Crippen LogP contribution in [0.3, 0.4) is 0 Å². The van der Waals surface area contributed by atoms with Gasteiger partial charge in [-0.15, -0.1) is 0 Å². The molecule has 0 bridgehead atoms. The number of ether oxygens (including phenoxy) is 1. The van der Waals surface area contributed by atoms with Crippen LogP contribution in [0.5, 0.6) is 0 Å². The number of hydrogen-bond acceptors (Lipinski definition) is 1. The molecule has 0 amide bonds. The lowest BCUT2D eigenvalue weighted by Gasteiger charge is -2.37. The predicted molar refractivity (Wildman–Crippen MR) is 77.7 cm³/mol. The number of hydrogen-bond donors (Lipinski definition) is 0. The Morgan fingerprint density at radius 3 is 1.94 bits per heavy atom. The maximum absolute atomic E-state index is 5.98. The van der Waals surface area contributed by atoms with Crippen LogP contribution in [0.25, 0.3) is 0 Å². The van der Waals surface area contributed by atoms with E-state index in [2.05, 4.69) is 13.8 Å². The normalized spacial score (nSPS) is 37.7. The second kappa shape index (κ2) is 7.53. The fraction of sp³-hybridized carbons (Fsp3) is 1.00. The van der Waals surface area contributed by atoms with Gasteiger partial charge in [-0.25, -0.2) is 0 Å². The molecule has 2 rings (SSSR count). The molecule has 0 aliphatic heterocycles. The Morgan fingerprint density at radius 1 is 0.833 bits per heavy atom. The predicted octanol–water partition coefficient (Wildman–Crippen LogP) is 5.19. The molecule has 2 saturated carbocycles. The lowest BCUT2D eigenvalue weighted by molar-refractivity contribution is 0.00614. The van der Waals surface area contributed by atoms with Crippen LogP contribution in [0.15, 0.2) is 0 Å². The van der Waals surface area contributed by atoms with E-state index in [0.29, 0.717) is 6.10 Å². The van der Waals surface area contributed by atoms with Gasteiger partial charge < -0.3 is 4.74 Å². The zero-order chi connectivity index (χ0) is 12.8. The van der Waals surface area contributed by atoms with E-state index in [4.69, 9.17) is 4.74 Å². The smallest absolute Gasteiger partial charge is 0.0575 e. The molecule has 0 atom stereocenters. The van der Waals surface area contributed by atoms with Crippen molar-refractivity contribution in [3.05, 3.63) is 0 Å². The summed E-state index contributed by atoms with van der Waals surface area (Å²) in [5, 5.41) is 0. The highest BCUT2D eigenvalue weighted by Crippen LogP contribution is 2.40. The van der Waals surface area contributed by atoms with Crippen LogP contribution >= 0.6 is 0 Å². The second-order valence-electron chi connectivity index (χ2n) is 6.78. The van der Waals surface area contributed by atoms with Crippen LogP contribution in [-0.4, -0.2) is 12.7 Å². The zero-order valence-electron chi connectivity index (χ0n) is 12.5. The Labute approximate surface area is 114 Å². The lowest BCUT2D eigenvalue weighted by atomic mass is 9.71. The summed E-state index contributed by atoms with van der Waals surface area (Å²) in [6, 6.07) is 0. The van der Waals surface area contributed by atoms with Gasteiger partial charge in [-0.3, -0.25) is 0 Å². The largest absolute Gasteiger partial charge is 0.378 e. The minimum atomic E-state index is 0.593. The molecule has 0 aromatic rings. The molecule has 2 aliphatic carbocycles. The Kier molecular flexibility index (Phi) is 6.01. The van der Waals surface area contributed by atoms with Crippen molar-refractivity contribution < 1.29 is 4.74 Å². The summed E-state index contributed by atoms with van der Waals surface area (Å²) in [7, 11) is 0. The Morgan fingerprint density at radius 2 is 1.39 bits per heavy atom. The third-order valence-electron chi connectivity index (χ3n) is 5.30. The van der Waals surface area contributed by atoms with Crippen molar-refractivity contribution in [1.29, 1.82) is 0 Å². The van der Waals surface area contributed by atoms with Gasteiger partial charge in [0.25, 0.3) is 0 Å². The standard InChI is InChI=1S/C17H32O/c1-3-4-13-18-17-11-9-16(10-12-17)15-7-5-14(2)6-8-15/h14-17H,3-13H2,1-2H3/t14?,15?,16-,17-. The van der Waals surface area contributed by atoms with Gasteiger partial charge in [-0.05, 0) is 62.7 Å². The SMILES string of the molecule is CCCCO[C@H]1CC[C@H](C2CCC(C)CC2)CC1. The van der Waals surface area contributed by atoms with Crippen LogP contribution < -0.4 is 0 Å². The summed E-state index contributed by atoms with van der Waals surface area (Å²) in [6.07, 6.45) is 14.6. The van der Waals surface area contributed by atoms with Gasteiger partial charge in [0.05, 0.1) is 6.10 Å². The third kappa shape index (κ3) is 4.26. The van der Waals surface area contributed by atoms with E-state index < -0.39 is 0 Å². The summed E-state index contributed by atoms with van der Waals surface area (Å²) in [4.78, 5) is 0. The summed E-state index contributed by atoms with van der Waals surface area (Å²) >= 11 is 0. The maximum atomic E-state index is 5.98. The Hall–Kier alpha value is -0.0400. The first-order valence-corrected chi connectivity index (χ1v) is 8.41. The molecule has 106 valence electrons. The van der Waals surface area contributed by atoms with Crippen molar-refractivity contribution in [2.24, 2.45) is 17.8 Å². The average molecular weight is 252 g/mol. The minimum Gasteiger partial charge on any atom is -0.378 e. The number of rotatable bonds is 5. The fourth-order valence-electron chi connectivity index (χ4n) is 3.88. The van der Waals surface area contributed by atoms with Crippen molar-refractivity contribution in [1.82, 2.24) is 0 Å². The van der Waals surface area contributed by atoms with Crippen molar-refractivity contribution >= 4 is 0 Å². The van der Waals surface area contributed by atoms with E-state index in [1.807, 2.05) is 0 Å². The molecular weight excluding hydrogens is 220 g/mol. The highest BCUT2D eigenvalue weighted by molar-refractivity contribution is 4.81. The molecule has 0 N–H and O–H groups in total. The molecule has 1 nitrogen and oxygen atoms in total. The molecule has 0 heterocycles. The topological polar surface area (TPSA) is 9.23 Å². The summed E-state index contributed by atoms with van der Waals surface area (Å²) in [6.45, 7) is 5.66. The first-order chi connectivity index (χ1) is 8.79. The van der Waals surface area contributed by atoms with Gasteiger partial charge in [0.2, 0.25) is 0 Å². The highest BCUT2D eigenvalue weighted by Gasteiger charge is 2.29. The summed E-state index contributed by atoms with van der Waals surface area (Å²) in [5.41, 5.74) is 0. The minimum absolute atomic E-state index is 0.593. The molecule has 1 heteroatoms. The summed E-state index contributed by atoms with van der Waals surface area (Å²) in [5.74, 6) is 3.08. The summed E-state index contributed by atoms with van der Waals surface area (Å²) < 4.78 is 5.98. The van der Waals surface area contributed by atoms with Crippen LogP contribution in [0.4, 0.5) is 0 Å². The maximum Gasteiger partial charge on any atom is 0.0575 e. The van der Waals surface area contributed by atoms with Gasteiger partial charge in [-0.1, -0.05) is 33.1 Å². The molecular formula is C17H32O. The van der Waals surface area contributed by atoms with Gasteiger partial charge in [-0.2, -0.15) is 0 Å². The lowest BCUT2D eigenvalue weighted by Crippen LogP contribution is -2.28. The molecule has 0 aromatic carbocycles. The van der Waals surface area contributed by atoms with E-state index in [9.17, 15) is 0 Å². The van der Waals surface area contributed by atoms with Crippen molar-refractivity contribution in [3.63, 3.8) is 0 Å². The van der Waals surface area contributed by atoms with Gasteiger partial charge >= 0.3 is 0 Å². The molecule has 2 aliphatic rings. The quantitative estimate of drug-likeness (QED) is 0.612.